The van der Waals surface area contributed by atoms with Crippen molar-refractivity contribution in [3.05, 3.63) is 59.4 Å². The van der Waals surface area contributed by atoms with E-state index in [-0.39, 0.29) is 23.5 Å². The summed E-state index contributed by atoms with van der Waals surface area (Å²) in [6, 6.07) is 11.8. The third-order valence-corrected chi connectivity index (χ3v) is 7.79. The number of nitrogens with zero attached hydrogens (tertiary/aromatic N) is 3. The summed E-state index contributed by atoms with van der Waals surface area (Å²) in [7, 11) is -3.35. The van der Waals surface area contributed by atoms with Gasteiger partial charge in [-0.25, -0.2) is 12.8 Å². The van der Waals surface area contributed by atoms with Crippen molar-refractivity contribution in [3.8, 4) is 0 Å². The number of fused-ring (bicyclic) bond motifs is 1. The number of carbonyl (C=O) groups excluding carboxylic acids is 1. The van der Waals surface area contributed by atoms with Gasteiger partial charge in [0.05, 0.1) is 17.1 Å². The van der Waals surface area contributed by atoms with E-state index in [0.717, 1.165) is 5.56 Å². The molecule has 0 saturated carbocycles. The third-order valence-electron chi connectivity index (χ3n) is 5.90. The SMILES string of the molecule is CCS(=O)(=O)N1c2ccc(C(=O)N3CCN(c4ccccc4F)CC3)cc2C[C@H]1C. The van der Waals surface area contributed by atoms with Gasteiger partial charge in [0.15, 0.2) is 0 Å². The number of carbonyl (C=O) groups is 1. The number of hydrogen-bond donors (Lipinski definition) is 0. The average molecular weight is 432 g/mol. The highest BCUT2D eigenvalue weighted by Crippen LogP contribution is 2.35. The van der Waals surface area contributed by atoms with Crippen LogP contribution in [-0.4, -0.2) is 57.2 Å². The molecule has 1 amide bonds. The maximum absolute atomic E-state index is 14.0. The largest absolute Gasteiger partial charge is 0.366 e. The number of hydrogen-bond acceptors (Lipinski definition) is 4. The number of rotatable bonds is 4. The van der Waals surface area contributed by atoms with E-state index in [0.29, 0.717) is 49.5 Å². The van der Waals surface area contributed by atoms with Crippen molar-refractivity contribution in [1.29, 1.82) is 0 Å². The van der Waals surface area contributed by atoms with Crippen LogP contribution in [0.25, 0.3) is 0 Å². The molecule has 1 atom stereocenters. The van der Waals surface area contributed by atoms with Crippen LogP contribution < -0.4 is 9.21 Å². The van der Waals surface area contributed by atoms with Gasteiger partial charge in [0.25, 0.3) is 5.91 Å². The Morgan fingerprint density at radius 3 is 2.43 bits per heavy atom. The standard InChI is InChI=1S/C22H26FN3O3S/c1-3-30(28,29)26-16(2)14-18-15-17(8-9-20(18)26)22(27)25-12-10-24(11-13-25)21-7-5-4-6-19(21)23/h4-9,15-16H,3,10-14H2,1-2H3/t16-/m1/s1. The fourth-order valence-corrected chi connectivity index (χ4v) is 5.72. The van der Waals surface area contributed by atoms with E-state index in [2.05, 4.69) is 0 Å². The second-order valence-corrected chi connectivity index (χ2v) is 9.96. The Morgan fingerprint density at radius 2 is 1.77 bits per heavy atom. The molecule has 0 unspecified atom stereocenters. The van der Waals surface area contributed by atoms with Crippen molar-refractivity contribution >= 4 is 27.3 Å². The molecule has 8 heteroatoms. The molecule has 2 aromatic carbocycles. The Morgan fingerprint density at radius 1 is 1.07 bits per heavy atom. The topological polar surface area (TPSA) is 60.9 Å². The van der Waals surface area contributed by atoms with Crippen molar-refractivity contribution in [3.63, 3.8) is 0 Å². The lowest BCUT2D eigenvalue weighted by Crippen LogP contribution is -2.49. The average Bonchev–Trinajstić information content (AvgIpc) is 3.09. The maximum atomic E-state index is 14.0. The van der Waals surface area contributed by atoms with Crippen molar-refractivity contribution in [2.45, 2.75) is 26.3 Å². The van der Waals surface area contributed by atoms with Gasteiger partial charge in [-0.2, -0.15) is 0 Å². The highest BCUT2D eigenvalue weighted by Gasteiger charge is 2.34. The Hall–Kier alpha value is -2.61. The van der Waals surface area contributed by atoms with Gasteiger partial charge in [-0.1, -0.05) is 12.1 Å². The van der Waals surface area contributed by atoms with Crippen molar-refractivity contribution in [1.82, 2.24) is 4.90 Å². The summed E-state index contributed by atoms with van der Waals surface area (Å²) in [6.07, 6.45) is 0.594. The minimum Gasteiger partial charge on any atom is -0.366 e. The number of sulfonamides is 1. The van der Waals surface area contributed by atoms with Gasteiger partial charge in [0.1, 0.15) is 5.82 Å². The lowest BCUT2D eigenvalue weighted by Gasteiger charge is -2.36. The summed E-state index contributed by atoms with van der Waals surface area (Å²) in [6.45, 7) is 5.68. The Labute approximate surface area is 176 Å². The minimum absolute atomic E-state index is 0.0454. The Bertz CT molecular complexity index is 1070. The van der Waals surface area contributed by atoms with Crippen LogP contribution in [0.3, 0.4) is 0 Å². The second kappa shape index (κ2) is 7.91. The zero-order valence-corrected chi connectivity index (χ0v) is 18.0. The number of halogens is 1. The summed E-state index contributed by atoms with van der Waals surface area (Å²) in [5.41, 5.74) is 2.69. The molecule has 0 radical (unpaired) electrons. The maximum Gasteiger partial charge on any atom is 0.253 e. The molecule has 2 aliphatic rings. The van der Waals surface area contributed by atoms with Crippen LogP contribution in [0.1, 0.15) is 29.8 Å². The van der Waals surface area contributed by atoms with Gasteiger partial charge in [-0.15, -0.1) is 0 Å². The minimum atomic E-state index is -3.35. The van der Waals surface area contributed by atoms with Gasteiger partial charge < -0.3 is 9.80 Å². The third kappa shape index (κ3) is 3.64. The molecule has 1 saturated heterocycles. The fraction of sp³-hybridized carbons (Fsp3) is 0.409. The lowest BCUT2D eigenvalue weighted by atomic mass is 10.1. The van der Waals surface area contributed by atoms with Crippen LogP contribution in [0.5, 0.6) is 0 Å². The van der Waals surface area contributed by atoms with Crippen molar-refractivity contribution in [2.75, 3.05) is 41.1 Å². The van der Waals surface area contributed by atoms with Gasteiger partial charge in [0, 0.05) is 37.8 Å². The fourth-order valence-electron chi connectivity index (χ4n) is 4.34. The molecule has 2 aliphatic heterocycles. The molecule has 1 fully saturated rings. The molecule has 0 aromatic heterocycles. The Kier molecular flexibility index (Phi) is 5.44. The molecule has 6 nitrogen and oxygen atoms in total. The van der Waals surface area contributed by atoms with E-state index in [1.807, 2.05) is 24.0 Å². The zero-order valence-electron chi connectivity index (χ0n) is 17.2. The predicted octanol–water partition coefficient (Wildman–Crippen LogP) is 2.89. The molecule has 2 heterocycles. The van der Waals surface area contributed by atoms with E-state index in [9.17, 15) is 17.6 Å². The van der Waals surface area contributed by atoms with Crippen molar-refractivity contribution in [2.24, 2.45) is 0 Å². The van der Waals surface area contributed by atoms with Crippen LogP contribution in [0, 0.1) is 5.82 Å². The highest BCUT2D eigenvalue weighted by molar-refractivity contribution is 7.92. The molecule has 160 valence electrons. The van der Waals surface area contributed by atoms with E-state index < -0.39 is 10.0 Å². The first-order valence-electron chi connectivity index (χ1n) is 10.3. The van der Waals surface area contributed by atoms with Gasteiger partial charge >= 0.3 is 0 Å². The van der Waals surface area contributed by atoms with Gasteiger partial charge in [-0.3, -0.25) is 9.10 Å². The lowest BCUT2D eigenvalue weighted by molar-refractivity contribution is 0.0746. The number of piperazine rings is 1. The van der Waals surface area contributed by atoms with E-state index in [1.54, 1.807) is 36.1 Å². The first kappa shape index (κ1) is 20.7. The summed E-state index contributed by atoms with van der Waals surface area (Å²) in [5, 5.41) is 0. The zero-order chi connectivity index (χ0) is 21.5. The quantitative estimate of drug-likeness (QED) is 0.747. The van der Waals surface area contributed by atoms with E-state index >= 15 is 0 Å². The van der Waals surface area contributed by atoms with Crippen LogP contribution in [0.2, 0.25) is 0 Å². The van der Waals surface area contributed by atoms with Crippen molar-refractivity contribution < 1.29 is 17.6 Å². The molecular weight excluding hydrogens is 405 g/mol. The predicted molar refractivity (Wildman–Crippen MR) is 116 cm³/mol. The molecule has 30 heavy (non-hydrogen) atoms. The molecule has 0 spiro atoms. The molecule has 4 rings (SSSR count). The first-order chi connectivity index (χ1) is 14.3. The molecule has 0 N–H and O–H groups in total. The molecule has 2 aromatic rings. The van der Waals surface area contributed by atoms with E-state index in [1.165, 1.54) is 10.4 Å². The first-order valence-corrected chi connectivity index (χ1v) is 11.9. The number of anilines is 2. The molecule has 0 bridgehead atoms. The smallest absolute Gasteiger partial charge is 0.253 e. The Balaban J connectivity index is 1.48. The summed E-state index contributed by atoms with van der Waals surface area (Å²) >= 11 is 0. The van der Waals surface area contributed by atoms with Crippen LogP contribution in [0.4, 0.5) is 15.8 Å². The monoisotopic (exact) mass is 431 g/mol. The molecular formula is C22H26FN3O3S. The summed E-state index contributed by atoms with van der Waals surface area (Å²) < 4.78 is 40.4. The second-order valence-electron chi connectivity index (χ2n) is 7.82. The number of para-hydroxylation sites is 1. The van der Waals surface area contributed by atoms with Gasteiger partial charge in [0.2, 0.25) is 10.0 Å². The molecule has 0 aliphatic carbocycles. The highest BCUT2D eigenvalue weighted by atomic mass is 32.2. The van der Waals surface area contributed by atoms with Crippen LogP contribution in [0.15, 0.2) is 42.5 Å². The summed E-state index contributed by atoms with van der Waals surface area (Å²) in [5.74, 6) is -0.281. The van der Waals surface area contributed by atoms with E-state index in [4.69, 9.17) is 0 Å². The summed E-state index contributed by atoms with van der Waals surface area (Å²) in [4.78, 5) is 16.8. The van der Waals surface area contributed by atoms with Crippen LogP contribution >= 0.6 is 0 Å². The van der Waals surface area contributed by atoms with Gasteiger partial charge in [-0.05, 0) is 56.2 Å². The number of amides is 1. The number of benzene rings is 2. The normalized spacial score (nSPS) is 19.2. The van der Waals surface area contributed by atoms with Crippen LogP contribution in [-0.2, 0) is 16.4 Å².